The number of aryl methyl sites for hydroxylation is 2. The van der Waals surface area contributed by atoms with Gasteiger partial charge in [0.15, 0.2) is 5.82 Å². The number of aromatic nitrogens is 2. The molecular weight excluding hydrogens is 268 g/mol. The zero-order chi connectivity index (χ0) is 14.0. The Morgan fingerprint density at radius 2 is 2.11 bits per heavy atom. The van der Waals surface area contributed by atoms with E-state index in [1.165, 1.54) is 12.1 Å². The van der Waals surface area contributed by atoms with Gasteiger partial charge in [0.2, 0.25) is 15.9 Å². The fourth-order valence-corrected chi connectivity index (χ4v) is 2.54. The highest BCUT2D eigenvalue weighted by molar-refractivity contribution is 7.89. The van der Waals surface area contributed by atoms with Crippen LogP contribution >= 0.6 is 0 Å². The number of hydrogen-bond donors (Lipinski definition) is 2. The van der Waals surface area contributed by atoms with Gasteiger partial charge in [0.1, 0.15) is 0 Å². The Labute approximate surface area is 110 Å². The molecule has 0 fully saturated rings. The van der Waals surface area contributed by atoms with Crippen LogP contribution in [0.3, 0.4) is 0 Å². The highest BCUT2D eigenvalue weighted by Gasteiger charge is 2.15. The quantitative estimate of drug-likeness (QED) is 0.800. The lowest BCUT2D eigenvalue weighted by molar-refractivity contribution is 0.387. The second kappa shape index (κ2) is 4.98. The van der Waals surface area contributed by atoms with E-state index in [2.05, 4.69) is 14.9 Å². The van der Waals surface area contributed by atoms with Crippen LogP contribution in [0.15, 0.2) is 27.6 Å². The Hall–Kier alpha value is -1.93. The predicted octanol–water partition coefficient (Wildman–Crippen LogP) is 0.747. The Morgan fingerprint density at radius 3 is 2.68 bits per heavy atom. The Kier molecular flexibility index (Phi) is 3.54. The fraction of sp³-hybridized carbons (Fsp3) is 0.273. The summed E-state index contributed by atoms with van der Waals surface area (Å²) in [5.74, 6) is 0.672. The summed E-state index contributed by atoms with van der Waals surface area (Å²) in [4.78, 5) is 4.07. The van der Waals surface area contributed by atoms with Gasteiger partial charge in [-0.3, -0.25) is 0 Å². The van der Waals surface area contributed by atoms with Crippen LogP contribution in [0.2, 0.25) is 0 Å². The third kappa shape index (κ3) is 3.09. The van der Waals surface area contributed by atoms with Crippen molar-refractivity contribution in [2.24, 2.45) is 0 Å². The minimum Gasteiger partial charge on any atom is -0.399 e. The molecule has 1 heterocycles. The molecule has 0 unspecified atom stereocenters. The molecular formula is C11H14N4O3S. The molecule has 1 aromatic carbocycles. The molecule has 7 nitrogen and oxygen atoms in total. The third-order valence-corrected chi connectivity index (χ3v) is 3.94. The van der Waals surface area contributed by atoms with Gasteiger partial charge in [-0.2, -0.15) is 4.98 Å². The van der Waals surface area contributed by atoms with E-state index < -0.39 is 10.0 Å². The molecule has 19 heavy (non-hydrogen) atoms. The lowest BCUT2D eigenvalue weighted by atomic mass is 10.2. The molecule has 8 heteroatoms. The maximum absolute atomic E-state index is 12.0. The van der Waals surface area contributed by atoms with Crippen LogP contribution in [-0.4, -0.2) is 18.6 Å². The van der Waals surface area contributed by atoms with Gasteiger partial charge in [-0.15, -0.1) is 0 Å². The molecule has 0 aliphatic carbocycles. The number of rotatable bonds is 4. The molecule has 0 bridgehead atoms. The van der Waals surface area contributed by atoms with Crippen molar-refractivity contribution in [3.05, 3.63) is 35.5 Å². The Bertz CT molecular complexity index is 694. The molecule has 0 atom stereocenters. The van der Waals surface area contributed by atoms with Gasteiger partial charge in [0.05, 0.1) is 11.4 Å². The maximum atomic E-state index is 12.0. The zero-order valence-corrected chi connectivity index (χ0v) is 11.4. The largest absolute Gasteiger partial charge is 0.399 e. The smallest absolute Gasteiger partial charge is 0.240 e. The highest BCUT2D eigenvalue weighted by atomic mass is 32.2. The summed E-state index contributed by atoms with van der Waals surface area (Å²) in [5, 5.41) is 3.61. The van der Waals surface area contributed by atoms with E-state index in [-0.39, 0.29) is 17.3 Å². The molecule has 0 amide bonds. The summed E-state index contributed by atoms with van der Waals surface area (Å²) in [6, 6.07) is 4.52. The van der Waals surface area contributed by atoms with Crippen molar-refractivity contribution in [2.45, 2.75) is 25.3 Å². The summed E-state index contributed by atoms with van der Waals surface area (Å²) in [5.41, 5.74) is 6.91. The standard InChI is InChI=1S/C11H14N4O3S/c1-7-5-9(3-4-10(7)12)19(16,17)13-6-11-14-8(2)18-15-11/h3-5,13H,6,12H2,1-2H3. The molecule has 0 spiro atoms. The van der Waals surface area contributed by atoms with E-state index in [4.69, 9.17) is 10.3 Å². The fourth-order valence-electron chi connectivity index (χ4n) is 1.47. The Balaban J connectivity index is 2.16. The van der Waals surface area contributed by atoms with Crippen molar-refractivity contribution in [2.75, 3.05) is 5.73 Å². The predicted molar refractivity (Wildman–Crippen MR) is 68.7 cm³/mol. The number of nitrogens with zero attached hydrogens (tertiary/aromatic N) is 2. The summed E-state index contributed by atoms with van der Waals surface area (Å²) in [6.45, 7) is 3.36. The lowest BCUT2D eigenvalue weighted by Gasteiger charge is -2.07. The number of hydrogen-bond acceptors (Lipinski definition) is 6. The minimum absolute atomic E-state index is 0.0247. The van der Waals surface area contributed by atoms with Crippen molar-refractivity contribution in [1.29, 1.82) is 0 Å². The number of nitrogens with two attached hydrogens (primary N) is 1. The first kappa shape index (κ1) is 13.5. The normalized spacial score (nSPS) is 11.7. The summed E-state index contributed by atoms with van der Waals surface area (Å²) in [6.07, 6.45) is 0. The van der Waals surface area contributed by atoms with Crippen molar-refractivity contribution in [3.8, 4) is 0 Å². The monoisotopic (exact) mass is 282 g/mol. The minimum atomic E-state index is -3.62. The second-order valence-electron chi connectivity index (χ2n) is 4.07. The number of anilines is 1. The van der Waals surface area contributed by atoms with E-state index in [0.717, 1.165) is 0 Å². The van der Waals surface area contributed by atoms with Crippen LogP contribution < -0.4 is 10.5 Å². The second-order valence-corrected chi connectivity index (χ2v) is 5.84. The van der Waals surface area contributed by atoms with E-state index in [1.807, 2.05) is 0 Å². The van der Waals surface area contributed by atoms with Crippen LogP contribution in [0.5, 0.6) is 0 Å². The first-order valence-electron chi connectivity index (χ1n) is 5.53. The van der Waals surface area contributed by atoms with Gasteiger partial charge >= 0.3 is 0 Å². The summed E-state index contributed by atoms with van der Waals surface area (Å²) in [7, 11) is -3.62. The maximum Gasteiger partial charge on any atom is 0.240 e. The van der Waals surface area contributed by atoms with E-state index in [1.54, 1.807) is 19.9 Å². The number of nitrogens with one attached hydrogen (secondary N) is 1. The van der Waals surface area contributed by atoms with Crippen LogP contribution in [0, 0.1) is 13.8 Å². The van der Waals surface area contributed by atoms with Gasteiger partial charge in [-0.05, 0) is 30.7 Å². The molecule has 2 rings (SSSR count). The van der Waals surface area contributed by atoms with Gasteiger partial charge in [-0.1, -0.05) is 5.16 Å². The molecule has 0 aliphatic rings. The van der Waals surface area contributed by atoms with Crippen molar-refractivity contribution < 1.29 is 12.9 Å². The molecule has 102 valence electrons. The average molecular weight is 282 g/mol. The topological polar surface area (TPSA) is 111 Å². The molecule has 1 aromatic heterocycles. The lowest BCUT2D eigenvalue weighted by Crippen LogP contribution is -2.24. The van der Waals surface area contributed by atoms with Gasteiger partial charge in [0.25, 0.3) is 0 Å². The van der Waals surface area contributed by atoms with Crippen molar-refractivity contribution in [3.63, 3.8) is 0 Å². The molecule has 2 aromatic rings. The van der Waals surface area contributed by atoms with Crippen molar-refractivity contribution >= 4 is 15.7 Å². The molecule has 0 saturated carbocycles. The molecule has 0 saturated heterocycles. The number of benzene rings is 1. The van der Waals surface area contributed by atoms with E-state index >= 15 is 0 Å². The highest BCUT2D eigenvalue weighted by Crippen LogP contribution is 2.16. The first-order valence-corrected chi connectivity index (χ1v) is 7.02. The van der Waals surface area contributed by atoms with E-state index in [9.17, 15) is 8.42 Å². The van der Waals surface area contributed by atoms with Gasteiger partial charge in [0, 0.05) is 12.6 Å². The SMILES string of the molecule is Cc1nc(CNS(=O)(=O)c2ccc(N)c(C)c2)no1. The third-order valence-electron chi connectivity index (χ3n) is 2.54. The number of nitrogen functional groups attached to an aromatic ring is 1. The zero-order valence-electron chi connectivity index (χ0n) is 10.5. The van der Waals surface area contributed by atoms with Gasteiger partial charge < -0.3 is 10.3 Å². The van der Waals surface area contributed by atoms with Crippen LogP contribution in [-0.2, 0) is 16.6 Å². The van der Waals surface area contributed by atoms with Crippen LogP contribution in [0.25, 0.3) is 0 Å². The van der Waals surface area contributed by atoms with E-state index in [0.29, 0.717) is 17.1 Å². The van der Waals surface area contributed by atoms with Gasteiger partial charge in [-0.25, -0.2) is 13.1 Å². The molecule has 0 aliphatic heterocycles. The number of sulfonamides is 1. The van der Waals surface area contributed by atoms with Crippen molar-refractivity contribution in [1.82, 2.24) is 14.9 Å². The summed E-state index contributed by atoms with van der Waals surface area (Å²) >= 11 is 0. The molecule has 3 N–H and O–H groups in total. The van der Waals surface area contributed by atoms with Crippen LogP contribution in [0.4, 0.5) is 5.69 Å². The summed E-state index contributed by atoms with van der Waals surface area (Å²) < 4.78 is 31.2. The average Bonchev–Trinajstić information content (AvgIpc) is 2.76. The first-order chi connectivity index (χ1) is 8.88. The Morgan fingerprint density at radius 1 is 1.37 bits per heavy atom. The molecule has 0 radical (unpaired) electrons. The van der Waals surface area contributed by atoms with Crippen LogP contribution in [0.1, 0.15) is 17.3 Å².